The monoisotopic (exact) mass is 1790 g/mol. The lowest BCUT2D eigenvalue weighted by Crippen LogP contribution is -2.53. The van der Waals surface area contributed by atoms with Crippen LogP contribution in [0.2, 0.25) is 0 Å². The molecule has 11 N–H and O–H groups in total. The molecule has 0 bridgehead atoms. The number of hydrogen-bond acceptors (Lipinski definition) is 17. The third-order valence-corrected chi connectivity index (χ3v) is 23.8. The first kappa shape index (κ1) is 104. The predicted octanol–water partition coefficient (Wildman–Crippen LogP) is 9.10. The van der Waals surface area contributed by atoms with Gasteiger partial charge < -0.3 is 87.9 Å². The highest BCUT2D eigenvalue weighted by molar-refractivity contribution is 5.96. The summed E-state index contributed by atoms with van der Waals surface area (Å²) < 4.78 is 0. The van der Waals surface area contributed by atoms with E-state index in [0.29, 0.717) is 85.0 Å². The van der Waals surface area contributed by atoms with E-state index in [1.165, 1.54) is 53.9 Å². The van der Waals surface area contributed by atoms with Gasteiger partial charge in [-0.1, -0.05) is 243 Å². The van der Waals surface area contributed by atoms with Crippen LogP contribution in [0.4, 0.5) is 0 Å². The van der Waals surface area contributed by atoms with E-state index in [4.69, 9.17) is 28.7 Å². The maximum Gasteiger partial charge on any atom is 0.243 e. The zero-order chi connectivity index (χ0) is 94.6. The number of benzene rings is 8. The van der Waals surface area contributed by atoms with E-state index < -0.39 is 173 Å². The Morgan fingerprint density at radius 3 is 0.687 bits per heavy atom. The van der Waals surface area contributed by atoms with Crippen molar-refractivity contribution in [1.29, 1.82) is 0 Å². The van der Waals surface area contributed by atoms with Gasteiger partial charge in [-0.15, -0.1) is 0 Å². The number of unbranched alkanes of at least 4 members (excludes halogenated alkanes) is 4. The lowest BCUT2D eigenvalue weighted by molar-refractivity contribution is -0.152. The molecule has 131 heavy (non-hydrogen) atoms. The Balaban J connectivity index is 1.11. The molecule has 0 spiro atoms. The molecule has 8 rings (SSSR count). The van der Waals surface area contributed by atoms with Crippen LogP contribution in [-0.4, -0.2) is 256 Å². The second kappa shape index (κ2) is 55.3. The summed E-state index contributed by atoms with van der Waals surface area (Å²) >= 11 is 0. The molecule has 8 aromatic rings. The van der Waals surface area contributed by atoms with E-state index in [9.17, 15) is 14.4 Å². The summed E-state index contributed by atoms with van der Waals surface area (Å²) in [6.07, 6.45) is 3.90. The first-order chi connectivity index (χ1) is 63.2. The van der Waals surface area contributed by atoms with Gasteiger partial charge in [0.2, 0.25) is 70.9 Å². The minimum Gasteiger partial charge on any atom is -0.368 e. The smallest absolute Gasteiger partial charge is 0.243 e. The van der Waals surface area contributed by atoms with Gasteiger partial charge >= 0.3 is 0 Å². The van der Waals surface area contributed by atoms with E-state index in [1.807, 2.05) is 128 Å². The van der Waals surface area contributed by atoms with Gasteiger partial charge in [-0.05, 0) is 170 Å². The van der Waals surface area contributed by atoms with Crippen molar-refractivity contribution in [3.05, 3.63) is 287 Å². The van der Waals surface area contributed by atoms with E-state index in [1.54, 1.807) is 156 Å². The highest BCUT2D eigenvalue weighted by Crippen LogP contribution is 2.30. The molecule has 0 radical (unpaired) electrons. The Kier molecular flexibility index (Phi) is 43.7. The molecule has 0 aliphatic rings. The average Bonchev–Trinajstić information content (AvgIpc) is 0.819. The van der Waals surface area contributed by atoms with Gasteiger partial charge in [0.25, 0.3) is 0 Å². The van der Waals surface area contributed by atoms with Crippen LogP contribution in [0.3, 0.4) is 0 Å². The molecular formula is C102H135N17O12. The zero-order valence-electron chi connectivity index (χ0n) is 77.0. The van der Waals surface area contributed by atoms with Gasteiger partial charge in [0, 0.05) is 32.7 Å². The summed E-state index contributed by atoms with van der Waals surface area (Å²) in [5.41, 5.74) is 35.2. The average molecular weight is 1790 g/mol. The first-order valence-electron chi connectivity index (χ1n) is 45.6. The molecule has 0 saturated carbocycles. The number of carbonyl (C=O) groups excluding carboxylic acids is 12. The Morgan fingerprint density at radius 2 is 0.435 bits per heavy atom. The number of carbonyl (C=O) groups is 12. The normalized spacial score (nSPS) is 12.4. The molecule has 0 fully saturated rings. The lowest BCUT2D eigenvalue weighted by atomic mass is 10.0. The molecule has 0 saturated heterocycles. The first-order valence-corrected chi connectivity index (χ1v) is 45.6. The number of amides is 12. The molecule has 0 aliphatic carbocycles. The Hall–Kier alpha value is -12.8. The van der Waals surface area contributed by atoms with Crippen LogP contribution >= 0.6 is 0 Å². The largest absolute Gasteiger partial charge is 0.368 e. The number of nitrogens with zero attached hydrogens (tertiary/aromatic N) is 11. The van der Waals surface area contributed by atoms with Crippen molar-refractivity contribution >= 4 is 70.9 Å². The molecule has 29 nitrogen and oxygen atoms in total. The fourth-order valence-electron chi connectivity index (χ4n) is 15.8. The van der Waals surface area contributed by atoms with Gasteiger partial charge in [0.1, 0.15) is 45.8 Å². The molecule has 8 aromatic carbocycles. The van der Waals surface area contributed by atoms with Crippen LogP contribution < -0.4 is 34.0 Å². The van der Waals surface area contributed by atoms with Crippen molar-refractivity contribution in [1.82, 2.24) is 59.2 Å². The van der Waals surface area contributed by atoms with Gasteiger partial charge in [0.05, 0.1) is 69.0 Å². The van der Waals surface area contributed by atoms with Crippen LogP contribution in [0.5, 0.6) is 0 Å². The standard InChI is InChI=1S/C102H135N17O12/c1-77(85-43-19-9-20-44-85)114(92(121)63-108-59-35-31-55-103)74-100(129)115(78(2)86-45-21-10-22-46-86)72-96(125)110(61-37-33-57-105)69-98(127)119(82(6)90-53-29-14-30-54-90)76-102(131)117(80(4)88-49-25-12-26-50-88)73-97(126)111(62-38-34-58-106)70-99(128)118(81(5)89-51-27-13-28-52-89)75-101(130)116(79(3)87-47-23-11-24-48-87)71-95(124)109(60-36-32-56-104)67-93(122)113(65-84-41-17-8-18-42-84)68-94(123)112(66-91(107)120)64-83-39-15-7-16-40-83/h7-30,39-54,77-82,108H,31-38,55-76,103-106H2,1-6H3,(H2,107,120)/t77-,78-,79-,80-,81-,82-/m0/s1. The molecule has 0 aliphatic heterocycles. The summed E-state index contributed by atoms with van der Waals surface area (Å²) in [4.78, 5) is 197. The summed E-state index contributed by atoms with van der Waals surface area (Å²) in [5.74, 6) is -7.32. The maximum atomic E-state index is 16.0. The van der Waals surface area contributed by atoms with Crippen LogP contribution in [0.15, 0.2) is 243 Å². The fourth-order valence-corrected chi connectivity index (χ4v) is 15.8. The second-order valence-electron chi connectivity index (χ2n) is 33.2. The number of primary amides is 1. The molecule has 29 heteroatoms. The lowest BCUT2D eigenvalue weighted by Gasteiger charge is -2.38. The molecule has 0 aromatic heterocycles. The summed E-state index contributed by atoms with van der Waals surface area (Å²) in [5, 5.41) is 3.21. The maximum absolute atomic E-state index is 16.0. The molecule has 700 valence electrons. The summed E-state index contributed by atoms with van der Waals surface area (Å²) in [6.45, 7) is 6.42. The predicted molar refractivity (Wildman–Crippen MR) is 508 cm³/mol. The van der Waals surface area contributed by atoms with Crippen molar-refractivity contribution in [3.63, 3.8) is 0 Å². The zero-order valence-corrected chi connectivity index (χ0v) is 77.0. The summed E-state index contributed by atoms with van der Waals surface area (Å²) in [7, 11) is 0. The van der Waals surface area contributed by atoms with Crippen molar-refractivity contribution in [2.45, 2.75) is 142 Å². The van der Waals surface area contributed by atoms with Crippen LogP contribution in [-0.2, 0) is 70.6 Å². The van der Waals surface area contributed by atoms with E-state index in [2.05, 4.69) is 5.32 Å². The van der Waals surface area contributed by atoms with Crippen LogP contribution in [0.25, 0.3) is 0 Å². The van der Waals surface area contributed by atoms with Crippen LogP contribution in [0, 0.1) is 0 Å². The molecule has 12 amide bonds. The molecular weight excluding hydrogens is 1660 g/mol. The highest BCUT2D eigenvalue weighted by Gasteiger charge is 2.39. The molecule has 0 unspecified atom stereocenters. The SMILES string of the molecule is C[C@@H](c1ccccc1)N(CC(=O)N(CCCCN)CC(=O)N(CC(=O)N(CC(=O)N(CCCCN)CC(=O)N(CC(=O)N(CC(=O)N(CCCCN)CC(=O)N(CC(=O)N(CC(N)=O)Cc1ccccc1)Cc1ccccc1)[C@@H](C)c1ccccc1)[C@@H](C)c1ccccc1)[C@@H](C)c1ccccc1)[C@@H](C)c1ccccc1)C(=O)CN(C(=O)CNCCCCN)[C@@H](C)c1ccccc1. The Labute approximate surface area is 772 Å². The number of nitrogens with two attached hydrogens (primary N) is 5. The summed E-state index contributed by atoms with van der Waals surface area (Å²) in [6, 6.07) is 68.0. The quantitative estimate of drug-likeness (QED) is 0.0193. The molecule has 6 atom stereocenters. The van der Waals surface area contributed by atoms with E-state index in [0.717, 1.165) is 24.0 Å². The van der Waals surface area contributed by atoms with Crippen molar-refractivity contribution < 1.29 is 57.5 Å². The van der Waals surface area contributed by atoms with Gasteiger partial charge in [-0.25, -0.2) is 0 Å². The van der Waals surface area contributed by atoms with Gasteiger partial charge in [-0.3, -0.25) is 57.5 Å². The molecule has 0 heterocycles. The number of nitrogens with one attached hydrogen (secondary N) is 1. The fraction of sp³-hybridized carbons (Fsp3) is 0.412. The van der Waals surface area contributed by atoms with Crippen LogP contribution in [0.1, 0.15) is 174 Å². The number of hydrogen-bond donors (Lipinski definition) is 6. The number of rotatable bonds is 56. The minimum atomic E-state index is -0.850. The second-order valence-corrected chi connectivity index (χ2v) is 33.2. The highest BCUT2D eigenvalue weighted by atomic mass is 16.2. The van der Waals surface area contributed by atoms with E-state index in [-0.39, 0.29) is 64.8 Å². The topological polar surface area (TPSA) is 383 Å². The minimum absolute atomic E-state index is 0.0219. The van der Waals surface area contributed by atoms with Crippen molar-refractivity contribution in [2.24, 2.45) is 28.7 Å². The Morgan fingerprint density at radius 1 is 0.237 bits per heavy atom. The van der Waals surface area contributed by atoms with Gasteiger partial charge in [-0.2, -0.15) is 0 Å². The van der Waals surface area contributed by atoms with Crippen molar-refractivity contribution in [2.75, 3.05) is 131 Å². The van der Waals surface area contributed by atoms with Crippen molar-refractivity contribution in [3.8, 4) is 0 Å². The Bertz CT molecular complexity index is 4870. The van der Waals surface area contributed by atoms with Gasteiger partial charge in [0.15, 0.2) is 0 Å². The third-order valence-electron chi connectivity index (χ3n) is 23.8. The third kappa shape index (κ3) is 33.0. The van der Waals surface area contributed by atoms with E-state index >= 15 is 43.2 Å².